The molecular formula is C15H21Cl2NO3. The molecule has 0 aliphatic rings. The maximum atomic E-state index is 11.8. The Kier molecular flexibility index (Phi) is 6.47. The number of halogens is 2. The summed E-state index contributed by atoms with van der Waals surface area (Å²) in [6, 6.07) is 3.07. The van der Waals surface area contributed by atoms with E-state index in [2.05, 4.69) is 5.32 Å². The zero-order chi connectivity index (χ0) is 16.2. The van der Waals surface area contributed by atoms with Gasteiger partial charge in [-0.2, -0.15) is 0 Å². The molecule has 0 aromatic heterocycles. The average molecular weight is 334 g/mol. The molecule has 0 saturated heterocycles. The van der Waals surface area contributed by atoms with E-state index in [1.54, 1.807) is 6.92 Å². The van der Waals surface area contributed by atoms with Gasteiger partial charge in [0.05, 0.1) is 28.3 Å². The van der Waals surface area contributed by atoms with Crippen LogP contribution in [0.5, 0.6) is 0 Å². The zero-order valence-electron chi connectivity index (χ0n) is 12.7. The van der Waals surface area contributed by atoms with E-state index < -0.39 is 12.1 Å². The van der Waals surface area contributed by atoms with Crippen molar-refractivity contribution < 1.29 is 14.6 Å². The molecule has 0 aliphatic carbocycles. The molecule has 1 unspecified atom stereocenters. The van der Waals surface area contributed by atoms with Crippen LogP contribution in [0.3, 0.4) is 0 Å². The Labute approximate surface area is 135 Å². The van der Waals surface area contributed by atoms with Crippen LogP contribution in [-0.2, 0) is 4.74 Å². The number of esters is 1. The van der Waals surface area contributed by atoms with E-state index in [4.69, 9.17) is 27.9 Å². The summed E-state index contributed by atoms with van der Waals surface area (Å²) < 4.78 is 4.90. The van der Waals surface area contributed by atoms with Crippen molar-refractivity contribution in [2.75, 3.05) is 13.2 Å². The van der Waals surface area contributed by atoms with E-state index >= 15 is 0 Å². The fourth-order valence-electron chi connectivity index (χ4n) is 1.70. The van der Waals surface area contributed by atoms with Gasteiger partial charge >= 0.3 is 5.97 Å². The highest BCUT2D eigenvalue weighted by Crippen LogP contribution is 2.30. The lowest BCUT2D eigenvalue weighted by molar-refractivity contribution is 0.0526. The molecule has 1 aromatic rings. The number of aliphatic hydroxyl groups is 1. The van der Waals surface area contributed by atoms with Gasteiger partial charge in [-0.25, -0.2) is 4.79 Å². The van der Waals surface area contributed by atoms with Crippen molar-refractivity contribution in [1.29, 1.82) is 0 Å². The van der Waals surface area contributed by atoms with E-state index in [1.807, 2.05) is 20.8 Å². The summed E-state index contributed by atoms with van der Waals surface area (Å²) in [5, 5.41) is 13.7. The number of aliphatic hydroxyl groups excluding tert-OH is 1. The third kappa shape index (κ3) is 5.47. The molecular weight excluding hydrogens is 313 g/mol. The van der Waals surface area contributed by atoms with E-state index in [0.717, 1.165) is 0 Å². The Morgan fingerprint density at radius 1 is 1.33 bits per heavy atom. The average Bonchev–Trinajstić information content (AvgIpc) is 2.34. The third-order valence-corrected chi connectivity index (χ3v) is 3.35. The Hall–Kier alpha value is -0.810. The van der Waals surface area contributed by atoms with Gasteiger partial charge in [-0.15, -0.1) is 0 Å². The summed E-state index contributed by atoms with van der Waals surface area (Å²) >= 11 is 12.2. The standard InChI is InChI=1S/C15H21Cl2NO3/c1-5-21-14(20)13-10(16)6-9(7-11(13)17)12(19)8-18-15(2,3)4/h6-7,12,18-19H,5,8H2,1-4H3. The van der Waals surface area contributed by atoms with Gasteiger partial charge < -0.3 is 15.2 Å². The van der Waals surface area contributed by atoms with Crippen LogP contribution in [0.15, 0.2) is 12.1 Å². The summed E-state index contributed by atoms with van der Waals surface area (Å²) in [7, 11) is 0. The van der Waals surface area contributed by atoms with Gasteiger partial charge in [0, 0.05) is 12.1 Å². The van der Waals surface area contributed by atoms with Gasteiger partial charge in [0.25, 0.3) is 0 Å². The number of nitrogens with one attached hydrogen (secondary N) is 1. The van der Waals surface area contributed by atoms with Crippen molar-refractivity contribution >= 4 is 29.2 Å². The van der Waals surface area contributed by atoms with E-state index in [-0.39, 0.29) is 27.8 Å². The summed E-state index contributed by atoms with van der Waals surface area (Å²) in [5.74, 6) is -0.568. The molecule has 0 amide bonds. The summed E-state index contributed by atoms with van der Waals surface area (Å²) in [6.45, 7) is 8.31. The summed E-state index contributed by atoms with van der Waals surface area (Å²) in [4.78, 5) is 11.8. The highest BCUT2D eigenvalue weighted by molar-refractivity contribution is 6.39. The predicted octanol–water partition coefficient (Wildman–Crippen LogP) is 3.59. The minimum absolute atomic E-state index is 0.112. The molecule has 1 atom stereocenters. The van der Waals surface area contributed by atoms with Crippen LogP contribution in [0.4, 0.5) is 0 Å². The number of hydrogen-bond donors (Lipinski definition) is 2. The molecule has 0 bridgehead atoms. The lowest BCUT2D eigenvalue weighted by Gasteiger charge is -2.23. The number of hydrogen-bond acceptors (Lipinski definition) is 4. The first-order chi connectivity index (χ1) is 9.65. The van der Waals surface area contributed by atoms with Crippen LogP contribution in [-0.4, -0.2) is 29.8 Å². The molecule has 1 aromatic carbocycles. The number of carbonyl (C=O) groups is 1. The lowest BCUT2D eigenvalue weighted by atomic mass is 10.0. The normalized spacial score (nSPS) is 13.1. The van der Waals surface area contributed by atoms with Crippen molar-refractivity contribution in [3.63, 3.8) is 0 Å². The van der Waals surface area contributed by atoms with Gasteiger partial charge in [-0.3, -0.25) is 0 Å². The van der Waals surface area contributed by atoms with Crippen LogP contribution < -0.4 is 5.32 Å². The highest BCUT2D eigenvalue weighted by Gasteiger charge is 2.20. The third-order valence-electron chi connectivity index (χ3n) is 2.75. The van der Waals surface area contributed by atoms with Gasteiger partial charge in [0.2, 0.25) is 0 Å². The number of benzene rings is 1. The molecule has 0 heterocycles. The number of rotatable bonds is 5. The molecule has 0 fully saturated rings. The number of ether oxygens (including phenoxy) is 1. The van der Waals surface area contributed by atoms with Crippen molar-refractivity contribution in [2.45, 2.75) is 39.3 Å². The van der Waals surface area contributed by atoms with Gasteiger partial charge in [-0.05, 0) is 45.4 Å². The van der Waals surface area contributed by atoms with Gasteiger partial charge in [0.15, 0.2) is 0 Å². The van der Waals surface area contributed by atoms with Crippen LogP contribution in [0.25, 0.3) is 0 Å². The van der Waals surface area contributed by atoms with Crippen molar-refractivity contribution in [1.82, 2.24) is 5.32 Å². The molecule has 0 radical (unpaired) electrons. The highest BCUT2D eigenvalue weighted by atomic mass is 35.5. The first kappa shape index (κ1) is 18.2. The van der Waals surface area contributed by atoms with Crippen molar-refractivity contribution in [2.24, 2.45) is 0 Å². The quantitative estimate of drug-likeness (QED) is 0.808. The Morgan fingerprint density at radius 3 is 2.29 bits per heavy atom. The van der Waals surface area contributed by atoms with Crippen LogP contribution in [0.1, 0.15) is 49.7 Å². The second-order valence-electron chi connectivity index (χ2n) is 5.73. The number of β-amino-alcohol motifs (C(OH)–C–C–N with tert-alkyl or cyclic N) is 1. The van der Waals surface area contributed by atoms with E-state index in [1.165, 1.54) is 12.1 Å². The SMILES string of the molecule is CCOC(=O)c1c(Cl)cc(C(O)CNC(C)(C)C)cc1Cl. The molecule has 118 valence electrons. The minimum Gasteiger partial charge on any atom is -0.462 e. The summed E-state index contributed by atoms with van der Waals surface area (Å²) in [6.07, 6.45) is -0.768. The topological polar surface area (TPSA) is 58.6 Å². The van der Waals surface area contributed by atoms with Crippen molar-refractivity contribution in [3.8, 4) is 0 Å². The van der Waals surface area contributed by atoms with Gasteiger partial charge in [-0.1, -0.05) is 23.2 Å². The van der Waals surface area contributed by atoms with Crippen LogP contribution in [0, 0.1) is 0 Å². The van der Waals surface area contributed by atoms with Gasteiger partial charge in [0.1, 0.15) is 0 Å². The minimum atomic E-state index is -0.768. The lowest BCUT2D eigenvalue weighted by Crippen LogP contribution is -2.38. The molecule has 2 N–H and O–H groups in total. The van der Waals surface area contributed by atoms with Crippen LogP contribution >= 0.6 is 23.2 Å². The Morgan fingerprint density at radius 2 is 1.86 bits per heavy atom. The maximum absolute atomic E-state index is 11.8. The summed E-state index contributed by atoms with van der Waals surface area (Å²) in [5.41, 5.74) is 0.564. The first-order valence-electron chi connectivity index (χ1n) is 6.75. The molecule has 0 aliphatic heterocycles. The predicted molar refractivity (Wildman–Crippen MR) is 85.1 cm³/mol. The fraction of sp³-hybridized carbons (Fsp3) is 0.533. The smallest absolute Gasteiger partial charge is 0.341 e. The van der Waals surface area contributed by atoms with Crippen LogP contribution in [0.2, 0.25) is 10.0 Å². The Bertz CT molecular complexity index is 489. The molecule has 1 rings (SSSR count). The second-order valence-corrected chi connectivity index (χ2v) is 6.54. The largest absolute Gasteiger partial charge is 0.462 e. The zero-order valence-corrected chi connectivity index (χ0v) is 14.2. The molecule has 6 heteroatoms. The van der Waals surface area contributed by atoms with Crippen molar-refractivity contribution in [3.05, 3.63) is 33.3 Å². The molecule has 21 heavy (non-hydrogen) atoms. The maximum Gasteiger partial charge on any atom is 0.341 e. The molecule has 4 nitrogen and oxygen atoms in total. The van der Waals surface area contributed by atoms with E-state index in [9.17, 15) is 9.90 Å². The monoisotopic (exact) mass is 333 g/mol. The fourth-order valence-corrected chi connectivity index (χ4v) is 2.36. The van der Waals surface area contributed by atoms with E-state index in [0.29, 0.717) is 12.1 Å². The molecule has 0 spiro atoms. The Balaban J connectivity index is 2.95. The first-order valence-corrected chi connectivity index (χ1v) is 7.50. The number of carbonyl (C=O) groups excluding carboxylic acids is 1. The second kappa shape index (κ2) is 7.45. The molecule has 0 saturated carbocycles.